The van der Waals surface area contributed by atoms with E-state index in [9.17, 15) is 4.79 Å². The molecule has 140 valence electrons. The van der Waals surface area contributed by atoms with E-state index in [1.165, 1.54) is 0 Å². The number of para-hydroxylation sites is 1. The molecule has 1 unspecified atom stereocenters. The zero-order chi connectivity index (χ0) is 18.8. The SMILES string of the molecule is CCCCOc1ccc(NC(=O)COc2ccccc2C(C)CC)cc1. The van der Waals surface area contributed by atoms with Crippen molar-refractivity contribution < 1.29 is 14.3 Å². The number of rotatable bonds is 10. The predicted molar refractivity (Wildman–Crippen MR) is 106 cm³/mol. The molecule has 2 aromatic carbocycles. The third-order valence-corrected chi connectivity index (χ3v) is 4.33. The highest BCUT2D eigenvalue weighted by atomic mass is 16.5. The van der Waals surface area contributed by atoms with Crippen molar-refractivity contribution in [2.24, 2.45) is 0 Å². The molecule has 0 aromatic heterocycles. The fourth-order valence-corrected chi connectivity index (χ4v) is 2.55. The maximum Gasteiger partial charge on any atom is 0.262 e. The molecule has 1 atom stereocenters. The first-order valence-corrected chi connectivity index (χ1v) is 9.38. The van der Waals surface area contributed by atoms with Crippen LogP contribution in [0.15, 0.2) is 48.5 Å². The van der Waals surface area contributed by atoms with Crippen LogP contribution in [0.2, 0.25) is 0 Å². The Morgan fingerprint density at radius 1 is 1.04 bits per heavy atom. The lowest BCUT2D eigenvalue weighted by atomic mass is 9.98. The second-order valence-corrected chi connectivity index (χ2v) is 6.41. The molecule has 2 rings (SSSR count). The topological polar surface area (TPSA) is 47.6 Å². The molecule has 0 bridgehead atoms. The van der Waals surface area contributed by atoms with Crippen LogP contribution in [0.5, 0.6) is 11.5 Å². The molecule has 0 radical (unpaired) electrons. The fraction of sp³-hybridized carbons (Fsp3) is 0.409. The van der Waals surface area contributed by atoms with Gasteiger partial charge in [0.15, 0.2) is 6.61 Å². The molecule has 0 saturated carbocycles. The number of unbranched alkanes of at least 4 members (excludes halogenated alkanes) is 1. The van der Waals surface area contributed by atoms with Crippen LogP contribution in [0, 0.1) is 0 Å². The lowest BCUT2D eigenvalue weighted by Gasteiger charge is -2.15. The van der Waals surface area contributed by atoms with Crippen molar-refractivity contribution in [2.75, 3.05) is 18.5 Å². The van der Waals surface area contributed by atoms with Crippen molar-refractivity contribution in [3.8, 4) is 11.5 Å². The molecule has 0 aliphatic rings. The number of hydrogen-bond acceptors (Lipinski definition) is 3. The van der Waals surface area contributed by atoms with Crippen LogP contribution in [0.4, 0.5) is 5.69 Å². The van der Waals surface area contributed by atoms with E-state index in [0.29, 0.717) is 12.5 Å². The zero-order valence-electron chi connectivity index (χ0n) is 16.0. The van der Waals surface area contributed by atoms with E-state index in [1.54, 1.807) is 0 Å². The Bertz CT molecular complexity index is 682. The van der Waals surface area contributed by atoms with Gasteiger partial charge in [-0.3, -0.25) is 4.79 Å². The van der Waals surface area contributed by atoms with E-state index in [1.807, 2.05) is 42.5 Å². The van der Waals surface area contributed by atoms with Crippen molar-refractivity contribution in [1.82, 2.24) is 0 Å². The standard InChI is InChI=1S/C22H29NO3/c1-4-6-15-25-19-13-11-18(12-14-19)23-22(24)16-26-21-10-8-7-9-20(21)17(3)5-2/h7-14,17H,4-6,15-16H2,1-3H3,(H,23,24). The van der Waals surface area contributed by atoms with Gasteiger partial charge in [-0.2, -0.15) is 0 Å². The summed E-state index contributed by atoms with van der Waals surface area (Å²) < 4.78 is 11.4. The Hall–Kier alpha value is -2.49. The first-order valence-electron chi connectivity index (χ1n) is 9.38. The van der Waals surface area contributed by atoms with E-state index < -0.39 is 0 Å². The highest BCUT2D eigenvalue weighted by Gasteiger charge is 2.11. The molecule has 0 aliphatic carbocycles. The molecule has 0 fully saturated rings. The van der Waals surface area contributed by atoms with Gasteiger partial charge in [0.2, 0.25) is 0 Å². The zero-order valence-corrected chi connectivity index (χ0v) is 16.0. The Morgan fingerprint density at radius 2 is 1.77 bits per heavy atom. The molecule has 4 heteroatoms. The fourth-order valence-electron chi connectivity index (χ4n) is 2.55. The maximum absolute atomic E-state index is 12.2. The number of amides is 1. The van der Waals surface area contributed by atoms with E-state index in [0.717, 1.165) is 42.0 Å². The highest BCUT2D eigenvalue weighted by Crippen LogP contribution is 2.28. The normalized spacial score (nSPS) is 11.7. The number of anilines is 1. The molecule has 0 saturated heterocycles. The van der Waals surface area contributed by atoms with Gasteiger partial charge in [-0.1, -0.05) is 45.4 Å². The first kappa shape index (κ1) is 19.8. The smallest absolute Gasteiger partial charge is 0.262 e. The van der Waals surface area contributed by atoms with Gasteiger partial charge in [0.05, 0.1) is 6.61 Å². The van der Waals surface area contributed by atoms with E-state index in [4.69, 9.17) is 9.47 Å². The summed E-state index contributed by atoms with van der Waals surface area (Å²) in [6.45, 7) is 7.13. The van der Waals surface area contributed by atoms with Gasteiger partial charge in [-0.25, -0.2) is 0 Å². The Balaban J connectivity index is 1.86. The molecular formula is C22H29NO3. The third kappa shape index (κ3) is 6.10. The molecule has 2 aromatic rings. The summed E-state index contributed by atoms with van der Waals surface area (Å²) in [5.41, 5.74) is 1.87. The second-order valence-electron chi connectivity index (χ2n) is 6.41. The molecule has 0 heterocycles. The van der Waals surface area contributed by atoms with Gasteiger partial charge in [0, 0.05) is 5.69 Å². The average molecular weight is 355 g/mol. The lowest BCUT2D eigenvalue weighted by molar-refractivity contribution is -0.118. The minimum Gasteiger partial charge on any atom is -0.494 e. The monoisotopic (exact) mass is 355 g/mol. The van der Waals surface area contributed by atoms with Gasteiger partial charge in [0.1, 0.15) is 11.5 Å². The molecule has 0 aliphatic heterocycles. The second kappa shape index (κ2) is 10.5. The summed E-state index contributed by atoms with van der Waals surface area (Å²) in [4.78, 5) is 12.2. The van der Waals surface area contributed by atoms with Crippen molar-refractivity contribution in [1.29, 1.82) is 0 Å². The quantitative estimate of drug-likeness (QED) is 0.581. The number of nitrogens with one attached hydrogen (secondary N) is 1. The van der Waals surface area contributed by atoms with Gasteiger partial charge in [0.25, 0.3) is 5.91 Å². The number of ether oxygens (including phenoxy) is 2. The van der Waals surface area contributed by atoms with Crippen LogP contribution in [0.3, 0.4) is 0 Å². The number of hydrogen-bond donors (Lipinski definition) is 1. The van der Waals surface area contributed by atoms with E-state index in [-0.39, 0.29) is 12.5 Å². The summed E-state index contributed by atoms with van der Waals surface area (Å²) in [5, 5.41) is 2.85. The highest BCUT2D eigenvalue weighted by molar-refractivity contribution is 5.91. The van der Waals surface area contributed by atoms with Crippen LogP contribution in [-0.2, 0) is 4.79 Å². The maximum atomic E-state index is 12.2. The predicted octanol–water partition coefficient (Wildman–Crippen LogP) is 5.40. The van der Waals surface area contributed by atoms with Crippen LogP contribution < -0.4 is 14.8 Å². The summed E-state index contributed by atoms with van der Waals surface area (Å²) in [6, 6.07) is 15.3. The molecule has 0 spiro atoms. The van der Waals surface area contributed by atoms with Gasteiger partial charge in [-0.05, 0) is 54.7 Å². The minimum absolute atomic E-state index is 0.0117. The van der Waals surface area contributed by atoms with E-state index >= 15 is 0 Å². The molecule has 26 heavy (non-hydrogen) atoms. The van der Waals surface area contributed by atoms with Gasteiger partial charge >= 0.3 is 0 Å². The Morgan fingerprint density at radius 3 is 2.46 bits per heavy atom. The Kier molecular flexibility index (Phi) is 8.00. The van der Waals surface area contributed by atoms with E-state index in [2.05, 4.69) is 32.2 Å². The molecular weight excluding hydrogens is 326 g/mol. The van der Waals surface area contributed by atoms with Crippen LogP contribution in [0.1, 0.15) is 51.5 Å². The van der Waals surface area contributed by atoms with Crippen LogP contribution in [-0.4, -0.2) is 19.1 Å². The molecule has 1 amide bonds. The lowest BCUT2D eigenvalue weighted by Crippen LogP contribution is -2.20. The van der Waals surface area contributed by atoms with Crippen molar-refractivity contribution in [3.05, 3.63) is 54.1 Å². The number of carbonyl (C=O) groups is 1. The Labute approximate surface area is 156 Å². The largest absolute Gasteiger partial charge is 0.494 e. The van der Waals surface area contributed by atoms with Crippen LogP contribution >= 0.6 is 0 Å². The van der Waals surface area contributed by atoms with Gasteiger partial charge in [-0.15, -0.1) is 0 Å². The van der Waals surface area contributed by atoms with Crippen molar-refractivity contribution in [2.45, 2.75) is 46.0 Å². The molecule has 4 nitrogen and oxygen atoms in total. The van der Waals surface area contributed by atoms with Crippen LogP contribution in [0.25, 0.3) is 0 Å². The summed E-state index contributed by atoms with van der Waals surface area (Å²) >= 11 is 0. The summed E-state index contributed by atoms with van der Waals surface area (Å²) in [7, 11) is 0. The average Bonchev–Trinajstić information content (AvgIpc) is 2.67. The van der Waals surface area contributed by atoms with Crippen molar-refractivity contribution >= 4 is 11.6 Å². The first-order chi connectivity index (χ1) is 12.6. The molecule has 1 N–H and O–H groups in total. The summed E-state index contributed by atoms with van der Waals surface area (Å²) in [5.74, 6) is 1.81. The third-order valence-electron chi connectivity index (χ3n) is 4.33. The van der Waals surface area contributed by atoms with Crippen molar-refractivity contribution in [3.63, 3.8) is 0 Å². The van der Waals surface area contributed by atoms with Gasteiger partial charge < -0.3 is 14.8 Å². The number of carbonyl (C=O) groups excluding carboxylic acids is 1. The minimum atomic E-state index is -0.177. The summed E-state index contributed by atoms with van der Waals surface area (Å²) in [6.07, 6.45) is 3.17. The number of benzene rings is 2.